The van der Waals surface area contributed by atoms with Crippen LogP contribution in [-0.2, 0) is 9.59 Å². The first-order chi connectivity index (χ1) is 14.0. The van der Waals surface area contributed by atoms with Crippen LogP contribution in [0.4, 0.5) is 5.69 Å². The highest BCUT2D eigenvalue weighted by molar-refractivity contribution is 6.51. The molecule has 1 heterocycles. The molecule has 6 heteroatoms. The number of benzene rings is 3. The molecule has 0 saturated carbocycles. The topological polar surface area (TPSA) is 57.6 Å². The summed E-state index contributed by atoms with van der Waals surface area (Å²) in [7, 11) is 0. The van der Waals surface area contributed by atoms with Crippen molar-refractivity contribution in [2.75, 3.05) is 4.90 Å². The molecule has 1 unspecified atom stereocenters. The molecule has 1 saturated heterocycles. The number of Topliss-reactive ketones (excluding diaryl/α,β-unsaturated/α-hetero) is 1. The summed E-state index contributed by atoms with van der Waals surface area (Å²) < 4.78 is 0. The number of carbonyl (C=O) groups excluding carboxylic acids is 2. The van der Waals surface area contributed by atoms with E-state index in [1.807, 2.05) is 30.3 Å². The number of amides is 1. The molecule has 1 aliphatic heterocycles. The van der Waals surface area contributed by atoms with Crippen LogP contribution in [0.25, 0.3) is 5.76 Å². The number of rotatable bonds is 3. The summed E-state index contributed by atoms with van der Waals surface area (Å²) in [4.78, 5) is 27.3. The molecule has 0 aromatic heterocycles. The van der Waals surface area contributed by atoms with Crippen molar-refractivity contribution in [2.45, 2.75) is 6.04 Å². The van der Waals surface area contributed by atoms with Gasteiger partial charge in [-0.15, -0.1) is 0 Å². The van der Waals surface area contributed by atoms with Gasteiger partial charge in [-0.25, -0.2) is 0 Å². The normalized spacial score (nSPS) is 18.3. The monoisotopic (exact) mass is 423 g/mol. The lowest BCUT2D eigenvalue weighted by molar-refractivity contribution is -0.132. The van der Waals surface area contributed by atoms with Crippen LogP contribution in [0.1, 0.15) is 17.2 Å². The zero-order chi connectivity index (χ0) is 20.5. The maximum atomic E-state index is 13.0. The Kier molecular flexibility index (Phi) is 5.14. The van der Waals surface area contributed by atoms with Gasteiger partial charge >= 0.3 is 0 Å². The summed E-state index contributed by atoms with van der Waals surface area (Å²) in [5.74, 6) is -1.73. The maximum absolute atomic E-state index is 13.0. The molecule has 0 spiro atoms. The van der Waals surface area contributed by atoms with Gasteiger partial charge in [-0.2, -0.15) is 0 Å². The van der Waals surface area contributed by atoms with Crippen molar-refractivity contribution in [2.24, 2.45) is 0 Å². The average molecular weight is 424 g/mol. The third kappa shape index (κ3) is 3.53. The number of ketones is 1. The second-order valence-corrected chi connectivity index (χ2v) is 7.44. The number of aliphatic hydroxyl groups is 1. The van der Waals surface area contributed by atoms with Crippen molar-refractivity contribution in [3.8, 4) is 0 Å². The highest BCUT2D eigenvalue weighted by Gasteiger charge is 2.46. The van der Waals surface area contributed by atoms with Gasteiger partial charge in [0.25, 0.3) is 11.7 Å². The van der Waals surface area contributed by atoms with Gasteiger partial charge < -0.3 is 5.11 Å². The Balaban J connectivity index is 1.94. The Labute approximate surface area is 177 Å². The first-order valence-electron chi connectivity index (χ1n) is 8.85. The molecule has 0 radical (unpaired) electrons. The van der Waals surface area contributed by atoms with Crippen LogP contribution < -0.4 is 4.90 Å². The van der Waals surface area contributed by atoms with Crippen LogP contribution in [-0.4, -0.2) is 16.8 Å². The highest BCUT2D eigenvalue weighted by Crippen LogP contribution is 2.42. The third-order valence-corrected chi connectivity index (χ3v) is 5.25. The van der Waals surface area contributed by atoms with E-state index >= 15 is 0 Å². The number of halogens is 2. The second kappa shape index (κ2) is 7.74. The van der Waals surface area contributed by atoms with E-state index in [9.17, 15) is 14.7 Å². The van der Waals surface area contributed by atoms with Gasteiger partial charge in [0.1, 0.15) is 5.76 Å². The maximum Gasteiger partial charge on any atom is 0.300 e. The van der Waals surface area contributed by atoms with Crippen molar-refractivity contribution in [1.29, 1.82) is 0 Å². The smallest absolute Gasteiger partial charge is 0.300 e. The molecule has 1 amide bonds. The number of carbonyl (C=O) groups is 2. The molecule has 4 nitrogen and oxygen atoms in total. The van der Waals surface area contributed by atoms with E-state index in [0.29, 0.717) is 26.9 Å². The Morgan fingerprint density at radius 1 is 0.828 bits per heavy atom. The number of anilines is 1. The van der Waals surface area contributed by atoms with Crippen LogP contribution >= 0.6 is 23.2 Å². The van der Waals surface area contributed by atoms with Gasteiger partial charge in [-0.05, 0) is 48.0 Å². The van der Waals surface area contributed by atoms with Crippen molar-refractivity contribution >= 4 is 46.3 Å². The van der Waals surface area contributed by atoms with E-state index < -0.39 is 17.7 Å². The van der Waals surface area contributed by atoms with Gasteiger partial charge in [0.15, 0.2) is 0 Å². The summed E-state index contributed by atoms with van der Waals surface area (Å²) in [5, 5.41) is 11.9. The Bertz CT molecular complexity index is 1120. The molecule has 1 atom stereocenters. The predicted molar refractivity (Wildman–Crippen MR) is 114 cm³/mol. The van der Waals surface area contributed by atoms with Crippen molar-refractivity contribution in [1.82, 2.24) is 0 Å². The molecule has 1 fully saturated rings. The van der Waals surface area contributed by atoms with Crippen molar-refractivity contribution in [3.05, 3.63) is 106 Å². The van der Waals surface area contributed by atoms with Gasteiger partial charge in [-0.3, -0.25) is 14.5 Å². The minimum absolute atomic E-state index is 0.0171. The minimum atomic E-state index is -0.787. The molecular formula is C23H15Cl2NO3. The number of aliphatic hydroxyl groups excluding tert-OH is 1. The molecular weight excluding hydrogens is 409 g/mol. The molecule has 1 aliphatic rings. The molecule has 3 aromatic carbocycles. The van der Waals surface area contributed by atoms with Crippen LogP contribution in [0.15, 0.2) is 84.4 Å². The predicted octanol–water partition coefficient (Wildman–Crippen LogP) is 5.62. The van der Waals surface area contributed by atoms with Crippen LogP contribution in [0.5, 0.6) is 0 Å². The molecule has 4 rings (SSSR count). The second-order valence-electron chi connectivity index (χ2n) is 6.57. The molecule has 0 aliphatic carbocycles. The largest absolute Gasteiger partial charge is 0.507 e. The minimum Gasteiger partial charge on any atom is -0.507 e. The van der Waals surface area contributed by atoms with Gasteiger partial charge in [-0.1, -0.05) is 59.6 Å². The Hall–Kier alpha value is -3.08. The van der Waals surface area contributed by atoms with Crippen LogP contribution in [0.2, 0.25) is 10.0 Å². The molecule has 29 heavy (non-hydrogen) atoms. The Morgan fingerprint density at radius 3 is 2.17 bits per heavy atom. The molecule has 144 valence electrons. The van der Waals surface area contributed by atoms with Gasteiger partial charge in [0.05, 0.1) is 11.6 Å². The van der Waals surface area contributed by atoms with Crippen LogP contribution in [0, 0.1) is 0 Å². The van der Waals surface area contributed by atoms with Gasteiger partial charge in [0, 0.05) is 21.3 Å². The third-order valence-electron chi connectivity index (χ3n) is 4.76. The SMILES string of the molecule is O=C1C(=O)N(c2cccc(Cl)c2)C(c2ccccc2)/C1=C(\O)c1ccc(Cl)cc1. The average Bonchev–Trinajstić information content (AvgIpc) is 2.99. The van der Waals surface area contributed by atoms with E-state index in [-0.39, 0.29) is 11.3 Å². The van der Waals surface area contributed by atoms with E-state index in [1.54, 1.807) is 48.5 Å². The highest BCUT2D eigenvalue weighted by atomic mass is 35.5. The molecule has 1 N–H and O–H groups in total. The van der Waals surface area contributed by atoms with E-state index in [4.69, 9.17) is 23.2 Å². The van der Waals surface area contributed by atoms with Crippen molar-refractivity contribution < 1.29 is 14.7 Å². The number of hydrogen-bond donors (Lipinski definition) is 1. The lowest BCUT2D eigenvalue weighted by Crippen LogP contribution is -2.29. The summed E-state index contributed by atoms with van der Waals surface area (Å²) in [6, 6.07) is 21.4. The van der Waals surface area contributed by atoms with E-state index in [0.717, 1.165) is 0 Å². The van der Waals surface area contributed by atoms with Crippen LogP contribution in [0.3, 0.4) is 0 Å². The summed E-state index contributed by atoms with van der Waals surface area (Å²) in [5.41, 5.74) is 1.59. The first-order valence-corrected chi connectivity index (χ1v) is 9.60. The zero-order valence-electron chi connectivity index (χ0n) is 15.0. The number of hydrogen-bond acceptors (Lipinski definition) is 3. The summed E-state index contributed by atoms with van der Waals surface area (Å²) >= 11 is 12.0. The summed E-state index contributed by atoms with van der Waals surface area (Å²) in [6.07, 6.45) is 0. The number of nitrogens with zero attached hydrogens (tertiary/aromatic N) is 1. The fraction of sp³-hybridized carbons (Fsp3) is 0.0435. The summed E-state index contributed by atoms with van der Waals surface area (Å²) in [6.45, 7) is 0. The van der Waals surface area contributed by atoms with E-state index in [2.05, 4.69) is 0 Å². The Morgan fingerprint density at radius 2 is 1.52 bits per heavy atom. The zero-order valence-corrected chi connectivity index (χ0v) is 16.6. The first kappa shape index (κ1) is 19.2. The lowest BCUT2D eigenvalue weighted by Gasteiger charge is -2.25. The van der Waals surface area contributed by atoms with Gasteiger partial charge in [0.2, 0.25) is 0 Å². The molecule has 0 bridgehead atoms. The quantitative estimate of drug-likeness (QED) is 0.337. The van der Waals surface area contributed by atoms with Crippen molar-refractivity contribution in [3.63, 3.8) is 0 Å². The standard InChI is InChI=1S/C23H15Cl2NO3/c24-16-11-9-15(10-12-16)21(27)19-20(14-5-2-1-3-6-14)26(23(29)22(19)28)18-8-4-7-17(25)13-18/h1-13,20,27H/b21-19+. The fourth-order valence-corrected chi connectivity index (χ4v) is 3.75. The van der Waals surface area contributed by atoms with E-state index in [1.165, 1.54) is 4.90 Å². The molecule has 3 aromatic rings. The lowest BCUT2D eigenvalue weighted by atomic mass is 9.95. The fourth-order valence-electron chi connectivity index (χ4n) is 3.44.